The molecule has 7 heteroatoms. The highest BCUT2D eigenvalue weighted by atomic mass is 35.5. The maximum Gasteiger partial charge on any atom is 0.313 e. The van der Waals surface area contributed by atoms with E-state index >= 15 is 0 Å². The van der Waals surface area contributed by atoms with Crippen LogP contribution in [0.25, 0.3) is 11.3 Å². The fourth-order valence-corrected chi connectivity index (χ4v) is 1.44. The van der Waals surface area contributed by atoms with Gasteiger partial charge in [-0.25, -0.2) is 9.97 Å². The predicted molar refractivity (Wildman–Crippen MR) is 61.7 cm³/mol. The number of aryl methyl sites for hydroxylation is 1. The van der Waals surface area contributed by atoms with Crippen LogP contribution in [0.2, 0.25) is 5.28 Å². The van der Waals surface area contributed by atoms with Gasteiger partial charge in [-0.05, 0) is 30.7 Å². The van der Waals surface area contributed by atoms with Gasteiger partial charge >= 0.3 is 5.69 Å². The Labute approximate surface area is 101 Å². The summed E-state index contributed by atoms with van der Waals surface area (Å²) in [6, 6.07) is 3.45. The van der Waals surface area contributed by atoms with Gasteiger partial charge in [-0.3, -0.25) is 15.1 Å². The Balaban J connectivity index is 2.60. The van der Waals surface area contributed by atoms with E-state index in [1.54, 1.807) is 12.1 Å². The molecule has 6 nitrogen and oxygen atoms in total. The molecule has 0 bridgehead atoms. The van der Waals surface area contributed by atoms with E-state index in [0.29, 0.717) is 5.56 Å². The van der Waals surface area contributed by atoms with E-state index in [2.05, 4.69) is 15.0 Å². The number of rotatable bonds is 2. The van der Waals surface area contributed by atoms with Crippen LogP contribution >= 0.6 is 11.6 Å². The maximum absolute atomic E-state index is 10.8. The molecule has 2 aromatic heterocycles. The second-order valence-electron chi connectivity index (χ2n) is 3.32. The van der Waals surface area contributed by atoms with Crippen molar-refractivity contribution in [2.24, 2.45) is 0 Å². The Morgan fingerprint density at radius 3 is 2.65 bits per heavy atom. The van der Waals surface area contributed by atoms with Gasteiger partial charge < -0.3 is 0 Å². The number of halogens is 1. The van der Waals surface area contributed by atoms with Crippen molar-refractivity contribution in [3.05, 3.63) is 45.6 Å². The van der Waals surface area contributed by atoms with Gasteiger partial charge in [0, 0.05) is 17.5 Å². The highest BCUT2D eigenvalue weighted by Crippen LogP contribution is 2.27. The SMILES string of the molecule is Cc1ccc(-c2nc(Cl)ncc2[N+](=O)[O-])cn1. The molecule has 2 rings (SSSR count). The van der Waals surface area contributed by atoms with E-state index in [1.165, 1.54) is 6.20 Å². The molecule has 0 atom stereocenters. The number of nitro groups is 1. The normalized spacial score (nSPS) is 10.2. The van der Waals surface area contributed by atoms with E-state index < -0.39 is 4.92 Å². The van der Waals surface area contributed by atoms with Crippen LogP contribution in [-0.4, -0.2) is 19.9 Å². The number of hydrogen-bond acceptors (Lipinski definition) is 5. The van der Waals surface area contributed by atoms with Gasteiger partial charge in [0.1, 0.15) is 6.20 Å². The molecule has 2 aromatic rings. The Bertz CT molecular complexity index is 571. The van der Waals surface area contributed by atoms with Crippen molar-refractivity contribution < 1.29 is 4.92 Å². The second kappa shape index (κ2) is 4.42. The summed E-state index contributed by atoms with van der Waals surface area (Å²) >= 11 is 5.64. The first kappa shape index (κ1) is 11.4. The van der Waals surface area contributed by atoms with Gasteiger partial charge in [0.05, 0.1) is 4.92 Å². The lowest BCUT2D eigenvalue weighted by Crippen LogP contribution is -1.97. The minimum atomic E-state index is -0.550. The first-order valence-electron chi connectivity index (χ1n) is 4.68. The fraction of sp³-hybridized carbons (Fsp3) is 0.100. The zero-order valence-corrected chi connectivity index (χ0v) is 9.55. The molecule has 0 fully saturated rings. The third-order valence-corrected chi connectivity index (χ3v) is 2.30. The van der Waals surface area contributed by atoms with Gasteiger partial charge in [0.15, 0.2) is 5.69 Å². The summed E-state index contributed by atoms with van der Waals surface area (Å²) in [5.74, 6) is 0. The molecule has 0 spiro atoms. The molecule has 0 unspecified atom stereocenters. The Morgan fingerprint density at radius 1 is 1.29 bits per heavy atom. The van der Waals surface area contributed by atoms with Crippen molar-refractivity contribution in [1.82, 2.24) is 15.0 Å². The molecule has 86 valence electrons. The zero-order valence-electron chi connectivity index (χ0n) is 8.79. The average Bonchev–Trinajstić information content (AvgIpc) is 2.29. The van der Waals surface area contributed by atoms with Crippen LogP contribution in [0.5, 0.6) is 0 Å². The molecule has 0 amide bonds. The summed E-state index contributed by atoms with van der Waals surface area (Å²) in [5, 5.41) is 10.8. The van der Waals surface area contributed by atoms with Crippen LogP contribution in [0.4, 0.5) is 5.69 Å². The van der Waals surface area contributed by atoms with E-state index in [-0.39, 0.29) is 16.7 Å². The molecular formula is C10H7ClN4O2. The summed E-state index contributed by atoms with van der Waals surface area (Å²) in [4.78, 5) is 21.8. The predicted octanol–water partition coefficient (Wildman–Crippen LogP) is 2.41. The third-order valence-electron chi connectivity index (χ3n) is 2.12. The summed E-state index contributed by atoms with van der Waals surface area (Å²) in [7, 11) is 0. The van der Waals surface area contributed by atoms with E-state index in [0.717, 1.165) is 11.9 Å². The van der Waals surface area contributed by atoms with Gasteiger partial charge in [0.25, 0.3) is 0 Å². The van der Waals surface area contributed by atoms with Crippen molar-refractivity contribution in [2.75, 3.05) is 0 Å². The number of nitrogens with zero attached hydrogens (tertiary/aromatic N) is 4. The molecule has 17 heavy (non-hydrogen) atoms. The van der Waals surface area contributed by atoms with Crippen molar-refractivity contribution in [1.29, 1.82) is 0 Å². The minimum Gasteiger partial charge on any atom is -0.261 e. The molecular weight excluding hydrogens is 244 g/mol. The van der Waals surface area contributed by atoms with Crippen molar-refractivity contribution in [2.45, 2.75) is 6.92 Å². The molecule has 0 aliphatic carbocycles. The standard InChI is InChI=1S/C10H7ClN4O2/c1-6-2-3-7(4-12-6)9-8(15(16)17)5-13-10(11)14-9/h2-5H,1H3. The van der Waals surface area contributed by atoms with Crippen LogP contribution in [-0.2, 0) is 0 Å². The lowest BCUT2D eigenvalue weighted by Gasteiger charge is -2.02. The van der Waals surface area contributed by atoms with Crippen LogP contribution in [0, 0.1) is 17.0 Å². The van der Waals surface area contributed by atoms with Gasteiger partial charge in [-0.15, -0.1) is 0 Å². The first-order valence-corrected chi connectivity index (χ1v) is 5.05. The van der Waals surface area contributed by atoms with Crippen molar-refractivity contribution >= 4 is 17.3 Å². The molecule has 2 heterocycles. The Kier molecular flexibility index (Phi) is 2.97. The summed E-state index contributed by atoms with van der Waals surface area (Å²) in [5.41, 5.74) is 1.32. The van der Waals surface area contributed by atoms with Crippen LogP contribution < -0.4 is 0 Å². The molecule has 0 aromatic carbocycles. The summed E-state index contributed by atoms with van der Waals surface area (Å²) in [6.07, 6.45) is 2.60. The number of aromatic nitrogens is 3. The average molecular weight is 251 g/mol. The Hall–Kier alpha value is -2.08. The van der Waals surface area contributed by atoms with Gasteiger partial charge in [0.2, 0.25) is 5.28 Å². The van der Waals surface area contributed by atoms with Crippen LogP contribution in [0.3, 0.4) is 0 Å². The lowest BCUT2D eigenvalue weighted by atomic mass is 10.1. The van der Waals surface area contributed by atoms with E-state index in [9.17, 15) is 10.1 Å². The topological polar surface area (TPSA) is 81.8 Å². The Morgan fingerprint density at radius 2 is 2.06 bits per heavy atom. The largest absolute Gasteiger partial charge is 0.313 e. The quantitative estimate of drug-likeness (QED) is 0.464. The molecule has 0 saturated heterocycles. The summed E-state index contributed by atoms with van der Waals surface area (Å²) < 4.78 is 0. The van der Waals surface area contributed by atoms with Crippen molar-refractivity contribution in [3.63, 3.8) is 0 Å². The van der Waals surface area contributed by atoms with Gasteiger partial charge in [-0.1, -0.05) is 0 Å². The highest BCUT2D eigenvalue weighted by Gasteiger charge is 2.18. The molecule has 0 radical (unpaired) electrons. The summed E-state index contributed by atoms with van der Waals surface area (Å²) in [6.45, 7) is 1.82. The highest BCUT2D eigenvalue weighted by molar-refractivity contribution is 6.28. The zero-order chi connectivity index (χ0) is 12.4. The van der Waals surface area contributed by atoms with Gasteiger partial charge in [-0.2, -0.15) is 0 Å². The molecule has 0 aliphatic heterocycles. The number of pyridine rings is 1. The second-order valence-corrected chi connectivity index (χ2v) is 3.66. The fourth-order valence-electron chi connectivity index (χ4n) is 1.31. The lowest BCUT2D eigenvalue weighted by molar-refractivity contribution is -0.384. The van der Waals surface area contributed by atoms with Crippen LogP contribution in [0.1, 0.15) is 5.69 Å². The van der Waals surface area contributed by atoms with E-state index in [4.69, 9.17) is 11.6 Å². The van der Waals surface area contributed by atoms with Crippen molar-refractivity contribution in [3.8, 4) is 11.3 Å². The number of hydrogen-bond donors (Lipinski definition) is 0. The van der Waals surface area contributed by atoms with E-state index in [1.807, 2.05) is 6.92 Å². The minimum absolute atomic E-state index is 0.0359. The molecule has 0 aliphatic rings. The molecule has 0 N–H and O–H groups in total. The maximum atomic E-state index is 10.8. The van der Waals surface area contributed by atoms with Crippen LogP contribution in [0.15, 0.2) is 24.5 Å². The third kappa shape index (κ3) is 2.36. The first-order chi connectivity index (χ1) is 8.08. The monoisotopic (exact) mass is 250 g/mol. The molecule has 0 saturated carbocycles. The smallest absolute Gasteiger partial charge is 0.261 e.